The maximum absolute atomic E-state index is 8.94. The molecule has 0 N–H and O–H groups in total. The van der Waals surface area contributed by atoms with Crippen LogP contribution in [0, 0.1) is 20.8 Å². The van der Waals surface area contributed by atoms with Crippen molar-refractivity contribution in [2.75, 3.05) is 18.0 Å². The molecule has 1 aliphatic rings. The van der Waals surface area contributed by atoms with E-state index in [1.165, 1.54) is 14.6 Å². The molecular weight excluding hydrogens is 351 g/mol. The second-order valence-electron chi connectivity index (χ2n) is 5.04. The van der Waals surface area contributed by atoms with Crippen molar-refractivity contribution < 1.29 is 0 Å². The molecule has 0 bridgehead atoms. The number of fused-ring (bicyclic) bond motifs is 1. The van der Waals surface area contributed by atoms with Gasteiger partial charge in [0.25, 0.3) is 0 Å². The lowest BCUT2D eigenvalue weighted by atomic mass is 9.98. The first kappa shape index (κ1) is 12.7. The lowest BCUT2D eigenvalue weighted by Gasteiger charge is -2.30. The summed E-state index contributed by atoms with van der Waals surface area (Å²) in [6, 6.07) is 4.59. The third-order valence-electron chi connectivity index (χ3n) is 3.79. The number of hydrogen-bond donors (Lipinski definition) is 0. The number of piperidine rings is 1. The minimum Gasteiger partial charge on any atom is -0.370 e. The number of halogens is 1. The van der Waals surface area contributed by atoms with Crippen LogP contribution in [0.3, 0.4) is 0 Å². The minimum atomic E-state index is 0.227. The van der Waals surface area contributed by atoms with Gasteiger partial charge in [0.2, 0.25) is 0 Å². The van der Waals surface area contributed by atoms with Crippen LogP contribution in [0.5, 0.6) is 0 Å². The number of pyridine rings is 1. The van der Waals surface area contributed by atoms with Crippen molar-refractivity contribution in [2.24, 2.45) is 13.0 Å². The molecule has 0 atom stereocenters. The van der Waals surface area contributed by atoms with Crippen molar-refractivity contribution in [3.63, 3.8) is 0 Å². The summed E-state index contributed by atoms with van der Waals surface area (Å²) in [5.74, 6) is 0.227. The highest BCUT2D eigenvalue weighted by molar-refractivity contribution is 14.1. The largest absolute Gasteiger partial charge is 0.370 e. The van der Waals surface area contributed by atoms with Crippen molar-refractivity contribution in [3.05, 3.63) is 22.0 Å². The Morgan fingerprint density at radius 3 is 2.84 bits per heavy atom. The van der Waals surface area contributed by atoms with E-state index in [1.807, 2.05) is 13.2 Å². The molecule has 1 aliphatic heterocycles. The van der Waals surface area contributed by atoms with E-state index >= 15 is 0 Å². The first-order valence-corrected chi connectivity index (χ1v) is 7.52. The van der Waals surface area contributed by atoms with E-state index in [9.17, 15) is 0 Å². The molecule has 0 aromatic carbocycles. The molecule has 0 radical (unpaired) electrons. The van der Waals surface area contributed by atoms with Crippen LogP contribution in [0.4, 0.5) is 5.69 Å². The molecule has 1 fully saturated rings. The summed E-state index contributed by atoms with van der Waals surface area (Å²) >= 11 is 2.35. The quantitative estimate of drug-likeness (QED) is 0.729. The van der Waals surface area contributed by atoms with Gasteiger partial charge in [-0.1, -0.05) is 0 Å². The van der Waals surface area contributed by atoms with E-state index in [2.05, 4.69) is 55.4 Å². The molecule has 2 aromatic rings. The number of rotatable bonds is 1. The monoisotopic (exact) mass is 366 g/mol. The maximum Gasteiger partial charge on any atom is 0.140 e. The highest BCUT2D eigenvalue weighted by Crippen LogP contribution is 2.27. The van der Waals surface area contributed by atoms with E-state index in [0.717, 1.165) is 31.6 Å². The van der Waals surface area contributed by atoms with Crippen LogP contribution in [0.15, 0.2) is 18.5 Å². The lowest BCUT2D eigenvalue weighted by Crippen LogP contribution is -2.33. The van der Waals surface area contributed by atoms with E-state index in [4.69, 9.17) is 5.26 Å². The van der Waals surface area contributed by atoms with Crippen LogP contribution >= 0.6 is 22.6 Å². The Morgan fingerprint density at radius 2 is 2.16 bits per heavy atom. The highest BCUT2D eigenvalue weighted by atomic mass is 127. The number of hydrogen-bond acceptors (Lipinski definition) is 3. The van der Waals surface area contributed by atoms with Gasteiger partial charge in [0.15, 0.2) is 0 Å². The highest BCUT2D eigenvalue weighted by Gasteiger charge is 2.19. The smallest absolute Gasteiger partial charge is 0.140 e. The molecular formula is C14H15IN4. The average Bonchev–Trinajstić information content (AvgIpc) is 2.74. The molecule has 2 aromatic heterocycles. The summed E-state index contributed by atoms with van der Waals surface area (Å²) in [5, 5.41) is 10.2. The summed E-state index contributed by atoms with van der Waals surface area (Å²) in [6.07, 6.45) is 5.97. The van der Waals surface area contributed by atoms with E-state index in [1.54, 1.807) is 0 Å². The number of nitrogens with zero attached hydrogens (tertiary/aromatic N) is 4. The number of aryl methyl sites for hydroxylation is 1. The standard InChI is InChI=1S/C14H15IN4/c1-18-9-13(15)12-6-11(8-17-14(12)18)19-4-2-10(7-16)3-5-19/h6,8-10H,2-5H2,1H3. The predicted molar refractivity (Wildman–Crippen MR) is 84.0 cm³/mol. The van der Waals surface area contributed by atoms with E-state index in [0.29, 0.717) is 0 Å². The van der Waals surface area contributed by atoms with Gasteiger partial charge in [-0.05, 0) is 41.5 Å². The Morgan fingerprint density at radius 1 is 1.42 bits per heavy atom. The zero-order chi connectivity index (χ0) is 13.4. The Balaban J connectivity index is 1.90. The average molecular weight is 366 g/mol. The van der Waals surface area contributed by atoms with Crippen LogP contribution in [0.1, 0.15) is 12.8 Å². The molecule has 98 valence electrons. The molecule has 3 rings (SSSR count). The van der Waals surface area contributed by atoms with Gasteiger partial charge in [-0.3, -0.25) is 0 Å². The zero-order valence-electron chi connectivity index (χ0n) is 10.8. The SMILES string of the molecule is Cn1cc(I)c2cc(N3CCC(C#N)CC3)cnc21. The van der Waals surface area contributed by atoms with Gasteiger partial charge in [-0.25, -0.2) is 4.98 Å². The van der Waals surface area contributed by atoms with Gasteiger partial charge >= 0.3 is 0 Å². The van der Waals surface area contributed by atoms with Crippen LogP contribution in [0.25, 0.3) is 11.0 Å². The third-order valence-corrected chi connectivity index (χ3v) is 4.65. The van der Waals surface area contributed by atoms with Crippen molar-refractivity contribution >= 4 is 39.3 Å². The van der Waals surface area contributed by atoms with Crippen molar-refractivity contribution in [1.82, 2.24) is 9.55 Å². The number of aromatic nitrogens is 2. The van der Waals surface area contributed by atoms with Gasteiger partial charge in [0, 0.05) is 41.2 Å². The van der Waals surface area contributed by atoms with E-state index < -0.39 is 0 Å². The minimum absolute atomic E-state index is 0.227. The Bertz CT molecular complexity index is 647. The van der Waals surface area contributed by atoms with Gasteiger partial charge in [-0.2, -0.15) is 5.26 Å². The van der Waals surface area contributed by atoms with Gasteiger partial charge in [0.1, 0.15) is 5.65 Å². The lowest BCUT2D eigenvalue weighted by molar-refractivity contribution is 0.487. The second kappa shape index (κ2) is 5.00. The van der Waals surface area contributed by atoms with Gasteiger partial charge in [-0.15, -0.1) is 0 Å². The normalized spacial score (nSPS) is 16.8. The second-order valence-corrected chi connectivity index (χ2v) is 6.21. The molecule has 0 saturated carbocycles. The molecule has 3 heterocycles. The van der Waals surface area contributed by atoms with E-state index in [-0.39, 0.29) is 5.92 Å². The first-order chi connectivity index (χ1) is 9.19. The van der Waals surface area contributed by atoms with Crippen LogP contribution in [0.2, 0.25) is 0 Å². The Kier molecular flexibility index (Phi) is 3.35. The van der Waals surface area contributed by atoms with Crippen molar-refractivity contribution in [2.45, 2.75) is 12.8 Å². The van der Waals surface area contributed by atoms with Crippen molar-refractivity contribution in [3.8, 4) is 6.07 Å². The summed E-state index contributed by atoms with van der Waals surface area (Å²) in [4.78, 5) is 6.90. The molecule has 0 amide bonds. The predicted octanol–water partition coefficient (Wildman–Crippen LogP) is 2.92. The summed E-state index contributed by atoms with van der Waals surface area (Å²) in [6.45, 7) is 1.91. The molecule has 0 aliphatic carbocycles. The third kappa shape index (κ3) is 2.29. The molecule has 0 spiro atoms. The molecule has 0 unspecified atom stereocenters. The number of nitriles is 1. The van der Waals surface area contributed by atoms with Crippen LogP contribution < -0.4 is 4.90 Å². The Labute approximate surface area is 126 Å². The summed E-state index contributed by atoms with van der Waals surface area (Å²) in [5.41, 5.74) is 2.20. The maximum atomic E-state index is 8.94. The molecule has 1 saturated heterocycles. The van der Waals surface area contributed by atoms with Gasteiger partial charge in [0.05, 0.1) is 18.0 Å². The molecule has 5 heteroatoms. The summed E-state index contributed by atoms with van der Waals surface area (Å²) < 4.78 is 3.29. The van der Waals surface area contributed by atoms with Crippen LogP contribution in [-0.2, 0) is 7.05 Å². The molecule has 4 nitrogen and oxygen atoms in total. The zero-order valence-corrected chi connectivity index (χ0v) is 13.0. The Hall–Kier alpha value is -1.29. The van der Waals surface area contributed by atoms with Gasteiger partial charge < -0.3 is 9.47 Å². The van der Waals surface area contributed by atoms with Crippen molar-refractivity contribution in [1.29, 1.82) is 5.26 Å². The van der Waals surface area contributed by atoms with Crippen LogP contribution in [-0.4, -0.2) is 22.6 Å². The fourth-order valence-corrected chi connectivity index (χ4v) is 3.46. The number of anilines is 1. The fraction of sp³-hybridized carbons (Fsp3) is 0.429. The topological polar surface area (TPSA) is 44.9 Å². The first-order valence-electron chi connectivity index (χ1n) is 6.44. The summed E-state index contributed by atoms with van der Waals surface area (Å²) in [7, 11) is 2.02. The molecule has 19 heavy (non-hydrogen) atoms. The fourth-order valence-electron chi connectivity index (χ4n) is 2.64.